The molecule has 0 saturated carbocycles. The Labute approximate surface area is 142 Å². The van der Waals surface area contributed by atoms with Gasteiger partial charge in [-0.3, -0.25) is 0 Å². The monoisotopic (exact) mass is 315 g/mol. The summed E-state index contributed by atoms with van der Waals surface area (Å²) in [6.45, 7) is 5.00. The van der Waals surface area contributed by atoms with Crippen LogP contribution in [0, 0.1) is 0 Å². The number of H-pyrrole nitrogens is 1. The molecule has 0 atom stereocenters. The Hall–Kier alpha value is -2.74. The Morgan fingerprint density at radius 3 is 2.38 bits per heavy atom. The molecule has 0 unspecified atom stereocenters. The van der Waals surface area contributed by atoms with Crippen molar-refractivity contribution in [2.45, 2.75) is 26.4 Å². The summed E-state index contributed by atoms with van der Waals surface area (Å²) in [7, 11) is 0. The van der Waals surface area contributed by atoms with Crippen LogP contribution >= 0.6 is 0 Å². The summed E-state index contributed by atoms with van der Waals surface area (Å²) >= 11 is 0. The van der Waals surface area contributed by atoms with E-state index < -0.39 is 0 Å². The largest absolute Gasteiger partial charge is 0.488 e. The highest BCUT2D eigenvalue weighted by atomic mass is 16.5. The lowest BCUT2D eigenvalue weighted by Crippen LogP contribution is -1.96. The minimum Gasteiger partial charge on any atom is -0.488 e. The number of para-hydroxylation sites is 1. The minimum atomic E-state index is 0.555. The van der Waals surface area contributed by atoms with Crippen LogP contribution in [0.15, 0.2) is 66.7 Å². The van der Waals surface area contributed by atoms with E-state index in [0.29, 0.717) is 12.5 Å². The smallest absolute Gasteiger partial charge is 0.129 e. The van der Waals surface area contributed by atoms with Gasteiger partial charge in [0, 0.05) is 16.3 Å². The summed E-state index contributed by atoms with van der Waals surface area (Å²) in [6.07, 6.45) is 0. The van der Waals surface area contributed by atoms with Crippen molar-refractivity contribution in [1.29, 1.82) is 0 Å². The topological polar surface area (TPSA) is 25.0 Å². The molecule has 0 aliphatic carbocycles. The van der Waals surface area contributed by atoms with Crippen LogP contribution in [0.5, 0.6) is 5.75 Å². The van der Waals surface area contributed by atoms with Crippen LogP contribution in [-0.4, -0.2) is 4.98 Å². The van der Waals surface area contributed by atoms with Gasteiger partial charge >= 0.3 is 0 Å². The van der Waals surface area contributed by atoms with E-state index in [1.54, 1.807) is 0 Å². The summed E-state index contributed by atoms with van der Waals surface area (Å²) in [5.41, 5.74) is 4.81. The molecule has 4 aromatic rings. The minimum absolute atomic E-state index is 0.555. The number of benzene rings is 3. The van der Waals surface area contributed by atoms with Gasteiger partial charge in [0.1, 0.15) is 12.4 Å². The molecular formula is C22H21NO. The number of hydrogen-bond donors (Lipinski definition) is 1. The number of hydrogen-bond acceptors (Lipinski definition) is 1. The highest BCUT2D eigenvalue weighted by Crippen LogP contribution is 2.33. The number of aromatic nitrogens is 1. The fourth-order valence-corrected chi connectivity index (χ4v) is 3.15. The van der Waals surface area contributed by atoms with Crippen molar-refractivity contribution in [3.8, 4) is 5.75 Å². The summed E-state index contributed by atoms with van der Waals surface area (Å²) in [5, 5.41) is 2.37. The van der Waals surface area contributed by atoms with E-state index in [2.05, 4.69) is 73.4 Å². The van der Waals surface area contributed by atoms with Gasteiger partial charge in [0.25, 0.3) is 0 Å². The molecule has 120 valence electrons. The fourth-order valence-electron chi connectivity index (χ4n) is 3.15. The molecule has 4 rings (SSSR count). The lowest BCUT2D eigenvalue weighted by Gasteiger charge is -2.10. The molecule has 0 bridgehead atoms. The molecule has 1 aromatic heterocycles. The van der Waals surface area contributed by atoms with Crippen LogP contribution in [0.25, 0.3) is 21.8 Å². The molecular weight excluding hydrogens is 294 g/mol. The lowest BCUT2D eigenvalue weighted by atomic mass is 10.0. The summed E-state index contributed by atoms with van der Waals surface area (Å²) in [4.78, 5) is 3.46. The molecule has 1 heterocycles. The Morgan fingerprint density at radius 1 is 0.833 bits per heavy atom. The van der Waals surface area contributed by atoms with E-state index in [1.807, 2.05) is 12.1 Å². The lowest BCUT2D eigenvalue weighted by molar-refractivity contribution is 0.310. The highest BCUT2D eigenvalue weighted by Gasteiger charge is 2.09. The molecule has 0 spiro atoms. The molecule has 0 fully saturated rings. The fraction of sp³-hybridized carbons (Fsp3) is 0.182. The first-order valence-electron chi connectivity index (χ1n) is 8.43. The molecule has 1 N–H and O–H groups in total. The van der Waals surface area contributed by atoms with E-state index in [4.69, 9.17) is 4.74 Å². The molecule has 0 aliphatic heterocycles. The number of rotatable bonds is 4. The molecule has 3 aromatic carbocycles. The third kappa shape index (κ3) is 2.65. The number of aromatic amines is 1. The highest BCUT2D eigenvalue weighted by molar-refractivity contribution is 6.10. The maximum absolute atomic E-state index is 6.15. The molecule has 2 heteroatoms. The maximum Gasteiger partial charge on any atom is 0.129 e. The summed E-state index contributed by atoms with van der Waals surface area (Å²) in [6, 6.07) is 23.2. The van der Waals surface area contributed by atoms with Crippen LogP contribution in [0.1, 0.15) is 30.9 Å². The van der Waals surface area contributed by atoms with Gasteiger partial charge in [-0.05, 0) is 35.2 Å². The second-order valence-corrected chi connectivity index (χ2v) is 6.53. The third-order valence-electron chi connectivity index (χ3n) is 4.53. The molecule has 0 radical (unpaired) electrons. The maximum atomic E-state index is 6.15. The Morgan fingerprint density at radius 2 is 1.58 bits per heavy atom. The first-order valence-corrected chi connectivity index (χ1v) is 8.43. The Kier molecular flexibility index (Phi) is 3.73. The van der Waals surface area contributed by atoms with E-state index in [0.717, 1.165) is 22.2 Å². The van der Waals surface area contributed by atoms with Crippen molar-refractivity contribution in [2.24, 2.45) is 0 Å². The van der Waals surface area contributed by atoms with Crippen molar-refractivity contribution in [1.82, 2.24) is 4.98 Å². The van der Waals surface area contributed by atoms with Crippen LogP contribution in [0.2, 0.25) is 0 Å². The predicted molar refractivity (Wildman–Crippen MR) is 101 cm³/mol. The van der Waals surface area contributed by atoms with E-state index in [9.17, 15) is 0 Å². The summed E-state index contributed by atoms with van der Waals surface area (Å²) in [5.74, 6) is 1.48. The van der Waals surface area contributed by atoms with Gasteiger partial charge in [-0.25, -0.2) is 0 Å². The number of fused-ring (bicyclic) bond motifs is 3. The van der Waals surface area contributed by atoms with Crippen LogP contribution in [0.4, 0.5) is 0 Å². The van der Waals surface area contributed by atoms with Gasteiger partial charge in [-0.1, -0.05) is 62.4 Å². The van der Waals surface area contributed by atoms with E-state index in [-0.39, 0.29) is 0 Å². The first kappa shape index (κ1) is 14.8. The van der Waals surface area contributed by atoms with Gasteiger partial charge in [-0.2, -0.15) is 0 Å². The normalized spacial score (nSPS) is 11.5. The van der Waals surface area contributed by atoms with E-state index >= 15 is 0 Å². The number of nitrogens with one attached hydrogen (secondary N) is 1. The average Bonchev–Trinajstić information content (AvgIpc) is 2.99. The van der Waals surface area contributed by atoms with Crippen molar-refractivity contribution in [3.05, 3.63) is 77.9 Å². The average molecular weight is 315 g/mol. The van der Waals surface area contributed by atoms with Crippen LogP contribution in [-0.2, 0) is 6.61 Å². The Bertz CT molecular complexity index is 980. The molecule has 2 nitrogen and oxygen atoms in total. The second kappa shape index (κ2) is 6.04. The SMILES string of the molecule is CC(C)c1ccc(COc2cccc3[nH]c4ccccc4c23)cc1. The van der Waals surface area contributed by atoms with Gasteiger partial charge in [0.15, 0.2) is 0 Å². The molecule has 0 aliphatic rings. The van der Waals surface area contributed by atoms with Gasteiger partial charge in [0.05, 0.1) is 5.52 Å². The summed E-state index contributed by atoms with van der Waals surface area (Å²) < 4.78 is 6.15. The first-order chi connectivity index (χ1) is 11.7. The van der Waals surface area contributed by atoms with Crippen molar-refractivity contribution < 1.29 is 4.74 Å². The van der Waals surface area contributed by atoms with Crippen molar-refractivity contribution in [2.75, 3.05) is 0 Å². The van der Waals surface area contributed by atoms with Gasteiger partial charge in [-0.15, -0.1) is 0 Å². The predicted octanol–water partition coefficient (Wildman–Crippen LogP) is 6.02. The molecule has 0 saturated heterocycles. The van der Waals surface area contributed by atoms with Crippen LogP contribution < -0.4 is 4.74 Å². The Balaban J connectivity index is 1.65. The van der Waals surface area contributed by atoms with Gasteiger partial charge in [0.2, 0.25) is 0 Å². The standard InChI is InChI=1S/C22H21NO/c1-15(2)17-12-10-16(11-13-17)14-24-21-9-5-8-20-22(21)18-6-3-4-7-19(18)23-20/h3-13,15,23H,14H2,1-2H3. The van der Waals surface area contributed by atoms with Gasteiger partial charge < -0.3 is 9.72 Å². The second-order valence-electron chi connectivity index (χ2n) is 6.53. The van der Waals surface area contributed by atoms with Crippen LogP contribution in [0.3, 0.4) is 0 Å². The number of ether oxygens (including phenoxy) is 1. The molecule has 0 amide bonds. The zero-order valence-electron chi connectivity index (χ0n) is 14.0. The van der Waals surface area contributed by atoms with E-state index in [1.165, 1.54) is 16.5 Å². The zero-order valence-corrected chi connectivity index (χ0v) is 14.0. The molecule has 24 heavy (non-hydrogen) atoms. The third-order valence-corrected chi connectivity index (χ3v) is 4.53. The van der Waals surface area contributed by atoms with Crippen molar-refractivity contribution in [3.63, 3.8) is 0 Å². The quantitative estimate of drug-likeness (QED) is 0.489. The zero-order chi connectivity index (χ0) is 16.5. The van der Waals surface area contributed by atoms with Crippen molar-refractivity contribution >= 4 is 21.8 Å².